The number of rotatable bonds is 13. The number of ether oxygens (including phenoxy) is 4. The summed E-state index contributed by atoms with van der Waals surface area (Å²) in [5, 5.41) is 6.08. The highest BCUT2D eigenvalue weighted by Gasteiger charge is 2.62. The predicted molar refractivity (Wildman–Crippen MR) is 183 cm³/mol. The second-order valence-corrected chi connectivity index (χ2v) is 13.2. The van der Waals surface area contributed by atoms with E-state index in [1.807, 2.05) is 0 Å². The largest absolute Gasteiger partial charge is 0.497 e. The van der Waals surface area contributed by atoms with Crippen LogP contribution in [0.2, 0.25) is 0 Å². The fraction of sp³-hybridized carbons (Fsp3) is 0.486. The number of carbonyl (C=O) groups excluding carboxylic acids is 5. The van der Waals surface area contributed by atoms with Crippen molar-refractivity contribution in [1.82, 2.24) is 20.5 Å². The lowest BCUT2D eigenvalue weighted by molar-refractivity contribution is -0.148. The van der Waals surface area contributed by atoms with Crippen molar-refractivity contribution in [2.45, 2.75) is 75.3 Å². The maximum Gasteiger partial charge on any atom is 0.408 e. The second-order valence-electron chi connectivity index (χ2n) is 12.7. The van der Waals surface area contributed by atoms with Gasteiger partial charge >= 0.3 is 12.1 Å². The van der Waals surface area contributed by atoms with Gasteiger partial charge in [0, 0.05) is 29.9 Å². The minimum atomic E-state index is -1.30. The van der Waals surface area contributed by atoms with Gasteiger partial charge in [-0.25, -0.2) is 14.6 Å². The highest BCUT2D eigenvalue weighted by molar-refractivity contribution is 9.09. The lowest BCUT2D eigenvalue weighted by Gasteiger charge is -2.29. The number of hydrogen-bond donors (Lipinski definition) is 2. The van der Waals surface area contributed by atoms with E-state index in [9.17, 15) is 24.0 Å². The number of ketones is 1. The number of nitrogens with one attached hydrogen (secondary N) is 2. The molecule has 1 aromatic heterocycles. The number of nitrogens with zero attached hydrogens (tertiary/aromatic N) is 2. The Hall–Kier alpha value is -4.46. The summed E-state index contributed by atoms with van der Waals surface area (Å²) >= 11 is 3.20. The van der Waals surface area contributed by atoms with Crippen molar-refractivity contribution in [3.63, 3.8) is 0 Å². The molecule has 1 aliphatic heterocycles. The lowest BCUT2D eigenvalue weighted by atomic mass is 10.1. The molecule has 2 saturated carbocycles. The summed E-state index contributed by atoms with van der Waals surface area (Å²) in [5.41, 5.74) is -0.352. The number of pyridine rings is 1. The molecule has 2 heterocycles. The second kappa shape index (κ2) is 15.0. The van der Waals surface area contributed by atoms with Gasteiger partial charge in [0.15, 0.2) is 5.78 Å². The van der Waals surface area contributed by atoms with Gasteiger partial charge in [-0.05, 0) is 56.7 Å². The van der Waals surface area contributed by atoms with Crippen molar-refractivity contribution in [3.05, 3.63) is 54.8 Å². The smallest absolute Gasteiger partial charge is 0.408 e. The van der Waals surface area contributed by atoms with Crippen molar-refractivity contribution < 1.29 is 42.9 Å². The number of halogens is 1. The summed E-state index contributed by atoms with van der Waals surface area (Å²) in [6.45, 7) is 9.23. The van der Waals surface area contributed by atoms with E-state index in [4.69, 9.17) is 18.9 Å². The Morgan fingerprint density at radius 2 is 1.88 bits per heavy atom. The van der Waals surface area contributed by atoms with Crippen molar-refractivity contribution in [2.75, 3.05) is 26.1 Å². The molecule has 5 rings (SSSR count). The van der Waals surface area contributed by atoms with Crippen LogP contribution in [0.15, 0.2) is 49.1 Å². The Morgan fingerprint density at radius 1 is 1.14 bits per heavy atom. The Labute approximate surface area is 292 Å². The molecule has 14 heteroatoms. The molecule has 2 aliphatic carbocycles. The summed E-state index contributed by atoms with van der Waals surface area (Å²) in [7, 11) is 2.76. The van der Waals surface area contributed by atoms with Gasteiger partial charge < -0.3 is 34.5 Å². The van der Waals surface area contributed by atoms with Crippen LogP contribution in [-0.4, -0.2) is 95.5 Å². The zero-order chi connectivity index (χ0) is 35.5. The molecule has 5 atom stereocenters. The van der Waals surface area contributed by atoms with E-state index >= 15 is 0 Å². The number of esters is 1. The fourth-order valence-electron chi connectivity index (χ4n) is 6.52. The van der Waals surface area contributed by atoms with Gasteiger partial charge in [-0.15, -0.1) is 6.58 Å². The van der Waals surface area contributed by atoms with E-state index < -0.39 is 47.6 Å². The van der Waals surface area contributed by atoms with Crippen LogP contribution in [0, 0.1) is 5.92 Å². The zero-order valence-corrected chi connectivity index (χ0v) is 29.4. The number of benzene rings is 1. The van der Waals surface area contributed by atoms with Gasteiger partial charge in [-0.2, -0.15) is 0 Å². The first-order valence-electron chi connectivity index (χ1n) is 16.1. The number of aromatic nitrogens is 1. The van der Waals surface area contributed by atoms with Gasteiger partial charge in [0.05, 0.1) is 31.6 Å². The Bertz CT molecular complexity index is 1680. The van der Waals surface area contributed by atoms with E-state index in [2.05, 4.69) is 44.7 Å². The zero-order valence-electron chi connectivity index (χ0n) is 27.8. The van der Waals surface area contributed by atoms with Crippen LogP contribution in [0.4, 0.5) is 4.79 Å². The predicted octanol–water partition coefficient (Wildman–Crippen LogP) is 4.02. The van der Waals surface area contributed by atoms with E-state index in [0.29, 0.717) is 34.4 Å². The van der Waals surface area contributed by atoms with Crippen LogP contribution >= 0.6 is 15.9 Å². The third kappa shape index (κ3) is 7.58. The van der Waals surface area contributed by atoms with Crippen molar-refractivity contribution >= 4 is 56.5 Å². The van der Waals surface area contributed by atoms with Crippen LogP contribution in [0.5, 0.6) is 11.5 Å². The molecular formula is C35H41BrN4O9. The number of alkyl carbamates (subject to hydrolysis) is 1. The molecule has 49 heavy (non-hydrogen) atoms. The van der Waals surface area contributed by atoms with Crippen LogP contribution < -0.4 is 20.1 Å². The Kier molecular flexibility index (Phi) is 11.0. The molecule has 1 aromatic carbocycles. The van der Waals surface area contributed by atoms with Gasteiger partial charge in [0.25, 0.3) is 0 Å². The fourth-order valence-corrected chi connectivity index (χ4v) is 6.81. The highest BCUT2D eigenvalue weighted by atomic mass is 79.9. The monoisotopic (exact) mass is 740 g/mol. The Morgan fingerprint density at radius 3 is 2.49 bits per heavy atom. The van der Waals surface area contributed by atoms with E-state index in [1.54, 1.807) is 31.2 Å². The van der Waals surface area contributed by atoms with Gasteiger partial charge in [0.1, 0.15) is 47.0 Å². The van der Waals surface area contributed by atoms with Crippen LogP contribution in [0.1, 0.15) is 55.9 Å². The molecule has 2 N–H and O–H groups in total. The van der Waals surface area contributed by atoms with Crippen molar-refractivity contribution in [2.24, 2.45) is 5.92 Å². The Balaban J connectivity index is 1.45. The average Bonchev–Trinajstić information content (AvgIpc) is 3.36. The third-order valence-electron chi connectivity index (χ3n) is 9.30. The first-order chi connectivity index (χ1) is 23.4. The summed E-state index contributed by atoms with van der Waals surface area (Å²) in [6.07, 6.45) is 3.61. The molecule has 0 bridgehead atoms. The molecule has 3 aliphatic rings. The number of amides is 3. The standard InChI is InChI=1S/C35H41BrN4O9/c1-6-20-16-35(20,33(44)47-5)39-31(42)27-14-23(18-40(27)32(43)30(19(2)3)38-34(45)49-21-9-7-8-10-21)48-29-15-26(28(41)17-36)37-25-13-22(46-4)11-12-24(25)29/h6,11-13,15,20-21,23,27,30H,1-2,7-10,14,16-18H2,3-5H3,(H,38,45)(H,39,42)/t20-,23-,27+,30+,35-/m1/s1. The molecule has 3 amide bonds. The number of likely N-dealkylation sites (tertiary alicyclic amines) is 1. The average molecular weight is 742 g/mol. The summed E-state index contributed by atoms with van der Waals surface area (Å²) in [4.78, 5) is 72.3. The number of methoxy groups -OCH3 is 2. The molecule has 1 saturated heterocycles. The third-order valence-corrected chi connectivity index (χ3v) is 9.81. The van der Waals surface area contributed by atoms with E-state index in [1.165, 1.54) is 25.2 Å². The number of Topliss-reactive ketones (excluding diaryl/α,β-unsaturated/α-hetero) is 1. The summed E-state index contributed by atoms with van der Waals surface area (Å²) in [5.74, 6) is -1.57. The molecule has 3 fully saturated rings. The molecule has 0 radical (unpaired) electrons. The summed E-state index contributed by atoms with van der Waals surface area (Å²) in [6, 6.07) is 4.39. The number of fused-ring (bicyclic) bond motifs is 1. The van der Waals surface area contributed by atoms with E-state index in [-0.39, 0.29) is 41.8 Å². The SMILES string of the molecule is C=C[C@@H]1C[C@]1(NC(=O)[C@@H]1C[C@@H](Oc2cc(C(=O)CBr)nc3cc(OC)ccc23)CN1C(=O)[C@@H](NC(=O)OC1CCCC1)C(=C)C)C(=O)OC. The number of carbonyl (C=O) groups is 5. The molecule has 2 aromatic rings. The topological polar surface area (TPSA) is 162 Å². The summed E-state index contributed by atoms with van der Waals surface area (Å²) < 4.78 is 22.3. The van der Waals surface area contributed by atoms with Gasteiger partial charge in [-0.1, -0.05) is 28.6 Å². The molecule has 0 spiro atoms. The van der Waals surface area contributed by atoms with Crippen molar-refractivity contribution in [3.8, 4) is 11.5 Å². The lowest BCUT2D eigenvalue weighted by Crippen LogP contribution is -2.56. The highest BCUT2D eigenvalue weighted by Crippen LogP contribution is 2.45. The quantitative estimate of drug-likeness (QED) is 0.133. The minimum Gasteiger partial charge on any atom is -0.497 e. The molecule has 262 valence electrons. The van der Waals surface area contributed by atoms with Crippen LogP contribution in [0.3, 0.4) is 0 Å². The normalized spacial score (nSPS) is 23.7. The maximum absolute atomic E-state index is 14.2. The maximum atomic E-state index is 14.2. The van der Waals surface area contributed by atoms with E-state index in [0.717, 1.165) is 25.7 Å². The molecule has 13 nitrogen and oxygen atoms in total. The molecular weight excluding hydrogens is 700 g/mol. The van der Waals surface area contributed by atoms with Crippen molar-refractivity contribution in [1.29, 1.82) is 0 Å². The first kappa shape index (κ1) is 35.8. The van der Waals surface area contributed by atoms with Crippen LogP contribution in [-0.2, 0) is 23.9 Å². The number of alkyl halides is 1. The van der Waals surface area contributed by atoms with Gasteiger partial charge in [-0.3, -0.25) is 14.4 Å². The van der Waals surface area contributed by atoms with Crippen LogP contribution in [0.25, 0.3) is 10.9 Å². The molecule has 0 unspecified atom stereocenters. The van der Waals surface area contributed by atoms with Gasteiger partial charge in [0.2, 0.25) is 11.8 Å². The first-order valence-corrected chi connectivity index (χ1v) is 17.3. The minimum absolute atomic E-state index is 0.0324. The number of hydrogen-bond acceptors (Lipinski definition) is 10.